The first-order chi connectivity index (χ1) is 13.7. The predicted octanol–water partition coefficient (Wildman–Crippen LogP) is 4.24. The van der Waals surface area contributed by atoms with E-state index in [1.54, 1.807) is 28.9 Å². The lowest BCUT2D eigenvalue weighted by Gasteiger charge is -2.28. The van der Waals surface area contributed by atoms with Crippen molar-refractivity contribution in [3.63, 3.8) is 0 Å². The molecule has 2 aromatic rings. The second-order valence-electron chi connectivity index (χ2n) is 7.05. The Bertz CT molecular complexity index is 865. The van der Waals surface area contributed by atoms with Crippen LogP contribution in [0.25, 0.3) is 0 Å². The van der Waals surface area contributed by atoms with Gasteiger partial charge < -0.3 is 10.2 Å². The number of carbonyl (C=O) groups excluding carboxylic acids is 2. The van der Waals surface area contributed by atoms with E-state index in [0.717, 1.165) is 42.4 Å². The number of thioether (sulfide) groups is 1. The Kier molecular flexibility index (Phi) is 5.81. The maximum atomic E-state index is 12.8. The highest BCUT2D eigenvalue weighted by Crippen LogP contribution is 2.32. The SMILES string of the molecule is O=C(c1cccc(NC(=O)N2CCSc3ncccc32)c1)N1CCCCCC1. The van der Waals surface area contributed by atoms with Crippen LogP contribution in [0.2, 0.25) is 0 Å². The molecule has 1 N–H and O–H groups in total. The molecule has 3 amide bonds. The van der Waals surface area contributed by atoms with Gasteiger partial charge in [0.1, 0.15) is 5.03 Å². The number of pyridine rings is 1. The van der Waals surface area contributed by atoms with Crippen LogP contribution in [0.15, 0.2) is 47.6 Å². The zero-order chi connectivity index (χ0) is 19.3. The van der Waals surface area contributed by atoms with Gasteiger partial charge in [-0.3, -0.25) is 9.69 Å². The summed E-state index contributed by atoms with van der Waals surface area (Å²) in [5.41, 5.74) is 2.08. The van der Waals surface area contributed by atoms with Crippen molar-refractivity contribution in [2.24, 2.45) is 0 Å². The molecule has 0 radical (unpaired) electrons. The number of likely N-dealkylation sites (tertiary alicyclic amines) is 1. The molecule has 6 nitrogen and oxygen atoms in total. The van der Waals surface area contributed by atoms with Crippen LogP contribution in [0.3, 0.4) is 0 Å². The fourth-order valence-corrected chi connectivity index (χ4v) is 4.57. The molecule has 0 aliphatic carbocycles. The average Bonchev–Trinajstić information content (AvgIpc) is 3.02. The molecule has 28 heavy (non-hydrogen) atoms. The maximum absolute atomic E-state index is 12.8. The predicted molar refractivity (Wildman–Crippen MR) is 112 cm³/mol. The first kappa shape index (κ1) is 18.8. The average molecular weight is 397 g/mol. The highest BCUT2D eigenvalue weighted by molar-refractivity contribution is 7.99. The number of fused-ring (bicyclic) bond motifs is 1. The van der Waals surface area contributed by atoms with Gasteiger partial charge in [-0.2, -0.15) is 0 Å². The molecule has 0 atom stereocenters. The van der Waals surface area contributed by atoms with Crippen molar-refractivity contribution in [2.45, 2.75) is 30.7 Å². The zero-order valence-electron chi connectivity index (χ0n) is 15.8. The Labute approximate surface area is 169 Å². The molecule has 7 heteroatoms. The number of aromatic nitrogens is 1. The van der Waals surface area contributed by atoms with Crippen LogP contribution >= 0.6 is 11.8 Å². The second kappa shape index (κ2) is 8.65. The largest absolute Gasteiger partial charge is 0.339 e. The standard InChI is InChI=1S/C21H24N4O2S/c26-20(24-11-3-1-2-4-12-24)16-7-5-8-17(15-16)23-21(27)25-13-14-28-19-18(25)9-6-10-22-19/h5-10,15H,1-4,11-14H2,(H,23,27). The topological polar surface area (TPSA) is 65.5 Å². The van der Waals surface area contributed by atoms with Gasteiger partial charge in [-0.25, -0.2) is 9.78 Å². The minimum absolute atomic E-state index is 0.0434. The molecule has 0 spiro atoms. The molecule has 3 heterocycles. The molecule has 1 aromatic carbocycles. The van der Waals surface area contributed by atoms with Crippen LogP contribution in [0, 0.1) is 0 Å². The van der Waals surface area contributed by atoms with Gasteiger partial charge in [0.15, 0.2) is 0 Å². The molecular weight excluding hydrogens is 372 g/mol. The Hall–Kier alpha value is -2.54. The normalized spacial score (nSPS) is 16.9. The van der Waals surface area contributed by atoms with E-state index in [4.69, 9.17) is 0 Å². The quantitative estimate of drug-likeness (QED) is 0.824. The van der Waals surface area contributed by atoms with Crippen LogP contribution in [-0.2, 0) is 0 Å². The zero-order valence-corrected chi connectivity index (χ0v) is 16.6. The summed E-state index contributed by atoms with van der Waals surface area (Å²) in [6.45, 7) is 2.25. The van der Waals surface area contributed by atoms with Crippen LogP contribution in [0.1, 0.15) is 36.0 Å². The molecule has 1 aromatic heterocycles. The summed E-state index contributed by atoms with van der Waals surface area (Å²) in [7, 11) is 0. The van der Waals surface area contributed by atoms with Crippen molar-refractivity contribution >= 4 is 35.1 Å². The summed E-state index contributed by atoms with van der Waals surface area (Å²) < 4.78 is 0. The number of carbonyl (C=O) groups is 2. The van der Waals surface area contributed by atoms with Crippen molar-refractivity contribution in [1.29, 1.82) is 0 Å². The van der Waals surface area contributed by atoms with Gasteiger partial charge in [0, 0.05) is 42.8 Å². The Morgan fingerprint density at radius 2 is 1.82 bits per heavy atom. The van der Waals surface area contributed by atoms with E-state index in [2.05, 4.69) is 10.3 Å². The van der Waals surface area contributed by atoms with E-state index in [1.165, 1.54) is 12.8 Å². The van der Waals surface area contributed by atoms with E-state index in [1.807, 2.05) is 35.2 Å². The number of nitrogens with zero attached hydrogens (tertiary/aromatic N) is 3. The summed E-state index contributed by atoms with van der Waals surface area (Å²) in [5, 5.41) is 3.81. The number of amides is 3. The molecule has 146 valence electrons. The summed E-state index contributed by atoms with van der Waals surface area (Å²) >= 11 is 1.66. The molecule has 2 aliphatic rings. The monoisotopic (exact) mass is 396 g/mol. The van der Waals surface area contributed by atoms with Crippen LogP contribution in [0.4, 0.5) is 16.2 Å². The highest BCUT2D eigenvalue weighted by atomic mass is 32.2. The summed E-state index contributed by atoms with van der Waals surface area (Å²) in [5.74, 6) is 0.854. The van der Waals surface area contributed by atoms with Crippen LogP contribution in [0.5, 0.6) is 0 Å². The van der Waals surface area contributed by atoms with Gasteiger partial charge >= 0.3 is 6.03 Å². The van der Waals surface area contributed by atoms with E-state index >= 15 is 0 Å². The van der Waals surface area contributed by atoms with Crippen LogP contribution < -0.4 is 10.2 Å². The molecule has 0 saturated carbocycles. The minimum atomic E-state index is -0.200. The lowest BCUT2D eigenvalue weighted by molar-refractivity contribution is 0.0761. The number of benzene rings is 1. The number of anilines is 2. The van der Waals surface area contributed by atoms with E-state index in [9.17, 15) is 9.59 Å². The second-order valence-corrected chi connectivity index (χ2v) is 8.13. The van der Waals surface area contributed by atoms with Crippen molar-refractivity contribution in [2.75, 3.05) is 35.6 Å². The molecular formula is C21H24N4O2S. The van der Waals surface area contributed by atoms with Gasteiger partial charge in [0.05, 0.1) is 5.69 Å². The molecule has 0 bridgehead atoms. The number of hydrogen-bond donors (Lipinski definition) is 1. The smallest absolute Gasteiger partial charge is 0.326 e. The number of hydrogen-bond acceptors (Lipinski definition) is 4. The van der Waals surface area contributed by atoms with Gasteiger partial charge in [0.2, 0.25) is 0 Å². The van der Waals surface area contributed by atoms with Gasteiger partial charge in [-0.15, -0.1) is 11.8 Å². The van der Waals surface area contributed by atoms with Gasteiger partial charge in [-0.1, -0.05) is 18.9 Å². The molecule has 4 rings (SSSR count). The van der Waals surface area contributed by atoms with Crippen molar-refractivity contribution < 1.29 is 9.59 Å². The van der Waals surface area contributed by atoms with Crippen molar-refractivity contribution in [3.05, 3.63) is 48.2 Å². The highest BCUT2D eigenvalue weighted by Gasteiger charge is 2.24. The summed E-state index contributed by atoms with van der Waals surface area (Å²) in [6, 6.07) is 10.8. The molecule has 2 aliphatic heterocycles. The number of urea groups is 1. The van der Waals surface area contributed by atoms with Gasteiger partial charge in [-0.05, 0) is 43.2 Å². The van der Waals surface area contributed by atoms with Crippen molar-refractivity contribution in [1.82, 2.24) is 9.88 Å². The Morgan fingerprint density at radius 3 is 2.64 bits per heavy atom. The first-order valence-corrected chi connectivity index (χ1v) is 10.8. The third-order valence-electron chi connectivity index (χ3n) is 5.09. The van der Waals surface area contributed by atoms with Crippen molar-refractivity contribution in [3.8, 4) is 0 Å². The first-order valence-electron chi connectivity index (χ1n) is 9.78. The molecule has 1 fully saturated rings. The third kappa shape index (κ3) is 4.14. The number of rotatable bonds is 2. The fourth-order valence-electron chi connectivity index (χ4n) is 3.64. The Morgan fingerprint density at radius 1 is 1.00 bits per heavy atom. The Balaban J connectivity index is 1.48. The van der Waals surface area contributed by atoms with Crippen LogP contribution in [-0.4, -0.2) is 47.2 Å². The van der Waals surface area contributed by atoms with E-state index in [-0.39, 0.29) is 11.9 Å². The molecule has 1 saturated heterocycles. The van der Waals surface area contributed by atoms with E-state index < -0.39 is 0 Å². The summed E-state index contributed by atoms with van der Waals surface area (Å²) in [6.07, 6.45) is 6.23. The maximum Gasteiger partial charge on any atom is 0.326 e. The summed E-state index contributed by atoms with van der Waals surface area (Å²) in [4.78, 5) is 33.7. The lowest BCUT2D eigenvalue weighted by Crippen LogP contribution is -2.39. The minimum Gasteiger partial charge on any atom is -0.339 e. The lowest BCUT2D eigenvalue weighted by atomic mass is 10.1. The fraction of sp³-hybridized carbons (Fsp3) is 0.381. The third-order valence-corrected chi connectivity index (χ3v) is 6.07. The molecule has 0 unspecified atom stereocenters. The number of nitrogens with one attached hydrogen (secondary N) is 1. The van der Waals surface area contributed by atoms with Gasteiger partial charge in [0.25, 0.3) is 5.91 Å². The van der Waals surface area contributed by atoms with E-state index in [0.29, 0.717) is 17.8 Å².